The van der Waals surface area contributed by atoms with E-state index in [-0.39, 0.29) is 9.79 Å². The lowest BCUT2D eigenvalue weighted by atomic mass is 10.2. The summed E-state index contributed by atoms with van der Waals surface area (Å²) in [5.74, 6) is 0. The molecule has 0 atom stereocenters. The smallest absolute Gasteiger partial charge is 0.359 e. The molecule has 8 heteroatoms. The van der Waals surface area contributed by atoms with Crippen molar-refractivity contribution in [3.63, 3.8) is 0 Å². The molecule has 0 saturated carbocycles. The van der Waals surface area contributed by atoms with Crippen molar-refractivity contribution in [3.8, 4) is 0 Å². The topological polar surface area (TPSA) is 105 Å². The van der Waals surface area contributed by atoms with Gasteiger partial charge in [-0.15, -0.1) is 4.79 Å². The second-order valence-electron chi connectivity index (χ2n) is 6.02. The Balaban J connectivity index is 2.72. The van der Waals surface area contributed by atoms with Crippen LogP contribution in [-0.2, 0) is 19.7 Å². The molecule has 0 fully saturated rings. The lowest BCUT2D eigenvalue weighted by Crippen LogP contribution is -2.26. The van der Waals surface area contributed by atoms with Gasteiger partial charge in [-0.1, -0.05) is 12.1 Å². The molecule has 0 N–H and O–H groups in total. The van der Waals surface area contributed by atoms with Crippen LogP contribution in [0.2, 0.25) is 0 Å². The van der Waals surface area contributed by atoms with E-state index in [0.717, 1.165) is 0 Å². The first-order valence-corrected chi connectivity index (χ1v) is 10.3. The summed E-state index contributed by atoms with van der Waals surface area (Å²) >= 11 is 0. The van der Waals surface area contributed by atoms with Gasteiger partial charge in [0.15, 0.2) is 0 Å². The van der Waals surface area contributed by atoms with Crippen LogP contribution < -0.4 is 0 Å². The molecule has 0 aromatic heterocycles. The van der Waals surface area contributed by atoms with Crippen LogP contribution in [0.5, 0.6) is 0 Å². The molecule has 0 unspecified atom stereocenters. The van der Waals surface area contributed by atoms with E-state index >= 15 is 0 Å². The van der Waals surface area contributed by atoms with E-state index in [4.69, 9.17) is 0 Å². The molecule has 0 saturated heterocycles. The number of hydrogen-bond acceptors (Lipinski definition) is 4. The van der Waals surface area contributed by atoms with E-state index in [0.29, 0.717) is 22.3 Å². The Morgan fingerprint density at radius 1 is 0.680 bits per heavy atom. The largest absolute Gasteiger partial charge is 0.504 e. The molecule has 0 aliphatic carbocycles. The van der Waals surface area contributed by atoms with Crippen LogP contribution in [0.3, 0.4) is 0 Å². The number of nitrogens with zero attached hydrogens (tertiary/aromatic N) is 2. The highest BCUT2D eigenvalue weighted by atomic mass is 32.3. The Labute approximate surface area is 147 Å². The van der Waals surface area contributed by atoms with Crippen LogP contribution in [0.4, 0.5) is 0 Å². The van der Waals surface area contributed by atoms with Crippen molar-refractivity contribution in [2.75, 3.05) is 0 Å². The van der Waals surface area contributed by atoms with Gasteiger partial charge in [-0.3, -0.25) is 0 Å². The fourth-order valence-electron chi connectivity index (χ4n) is 2.63. The fourth-order valence-corrected chi connectivity index (χ4v) is 6.34. The van der Waals surface area contributed by atoms with Crippen LogP contribution in [0, 0.1) is 27.7 Å². The lowest BCUT2D eigenvalue weighted by Gasteiger charge is -2.06. The van der Waals surface area contributed by atoms with Crippen LogP contribution >= 0.6 is 0 Å². The Hall–Kier alpha value is -2.28. The minimum absolute atomic E-state index is 0.231. The van der Waals surface area contributed by atoms with Gasteiger partial charge in [-0.2, -0.15) is 0 Å². The summed E-state index contributed by atoms with van der Waals surface area (Å²) in [7, 11) is -9.03. The van der Waals surface area contributed by atoms with Crippen molar-refractivity contribution in [1.29, 1.82) is 0 Å². The summed E-state index contributed by atoms with van der Waals surface area (Å²) in [4.78, 5) is 2.18. The minimum Gasteiger partial charge on any atom is -0.359 e. The maximum Gasteiger partial charge on any atom is 0.504 e. The maximum absolute atomic E-state index is 12.8. The minimum atomic E-state index is -4.52. The maximum atomic E-state index is 12.8. The van der Waals surface area contributed by atoms with Crippen LogP contribution in [0.25, 0.3) is 5.53 Å². The van der Waals surface area contributed by atoms with Crippen molar-refractivity contribution in [3.05, 3.63) is 64.2 Å². The highest BCUT2D eigenvalue weighted by Crippen LogP contribution is 2.23. The van der Waals surface area contributed by atoms with E-state index in [1.165, 1.54) is 24.3 Å². The van der Waals surface area contributed by atoms with E-state index in [1.807, 2.05) is 0 Å². The van der Waals surface area contributed by atoms with Crippen molar-refractivity contribution in [2.45, 2.75) is 37.5 Å². The van der Waals surface area contributed by atoms with Crippen molar-refractivity contribution >= 4 is 24.1 Å². The van der Waals surface area contributed by atoms with E-state index in [2.05, 4.69) is 4.79 Å². The highest BCUT2D eigenvalue weighted by Gasteiger charge is 2.44. The van der Waals surface area contributed by atoms with Gasteiger partial charge in [0.1, 0.15) is 0 Å². The van der Waals surface area contributed by atoms with Gasteiger partial charge in [0.2, 0.25) is 0 Å². The fraction of sp³-hybridized carbons (Fsp3) is 0.235. The molecule has 2 rings (SSSR count). The first kappa shape index (κ1) is 19.1. The zero-order chi connectivity index (χ0) is 19.0. The second-order valence-corrected chi connectivity index (χ2v) is 10.0. The Morgan fingerprint density at radius 3 is 1.20 bits per heavy atom. The molecular formula is C17H18N2O4S2. The second kappa shape index (κ2) is 6.55. The molecule has 0 aliphatic rings. The van der Waals surface area contributed by atoms with Crippen LogP contribution in [0.1, 0.15) is 22.3 Å². The summed E-state index contributed by atoms with van der Waals surface area (Å²) in [5.41, 5.74) is 11.8. The third kappa shape index (κ3) is 3.71. The third-order valence-electron chi connectivity index (χ3n) is 3.55. The number of hydrogen-bond donors (Lipinski definition) is 0. The van der Waals surface area contributed by atoms with Crippen LogP contribution in [0.15, 0.2) is 46.2 Å². The Kier molecular flexibility index (Phi) is 4.99. The molecule has 0 spiro atoms. The molecular weight excluding hydrogens is 360 g/mol. The summed E-state index contributed by atoms with van der Waals surface area (Å²) < 4.78 is 49.9. The van der Waals surface area contributed by atoms with Gasteiger partial charge in [-0.05, 0) is 74.2 Å². The molecule has 132 valence electrons. The van der Waals surface area contributed by atoms with Crippen molar-refractivity contribution < 1.29 is 21.6 Å². The van der Waals surface area contributed by atoms with E-state index in [1.54, 1.807) is 39.8 Å². The number of benzene rings is 2. The predicted octanol–water partition coefficient (Wildman–Crippen LogP) is 2.75. The van der Waals surface area contributed by atoms with E-state index < -0.39 is 24.1 Å². The number of sulfone groups is 2. The molecule has 0 bridgehead atoms. The van der Waals surface area contributed by atoms with Gasteiger partial charge >= 0.3 is 4.38 Å². The Morgan fingerprint density at radius 2 is 0.960 bits per heavy atom. The predicted molar refractivity (Wildman–Crippen MR) is 94.8 cm³/mol. The average Bonchev–Trinajstić information content (AvgIpc) is 2.45. The first-order chi connectivity index (χ1) is 11.5. The monoisotopic (exact) mass is 378 g/mol. The van der Waals surface area contributed by atoms with E-state index in [9.17, 15) is 22.4 Å². The quantitative estimate of drug-likeness (QED) is 0.347. The van der Waals surface area contributed by atoms with Crippen molar-refractivity contribution in [2.24, 2.45) is 0 Å². The SMILES string of the molecule is Cc1cc(C)cc(S(=O)(=O)C(=[N+]=[N-])S(=O)(=O)c2cc(C)cc(C)c2)c1. The molecule has 0 radical (unpaired) electrons. The highest BCUT2D eigenvalue weighted by molar-refractivity contribution is 8.31. The average molecular weight is 378 g/mol. The third-order valence-corrected chi connectivity index (χ3v) is 7.66. The summed E-state index contributed by atoms with van der Waals surface area (Å²) in [5, 5.41) is 0. The van der Waals surface area contributed by atoms with Gasteiger partial charge in [0.05, 0.1) is 9.79 Å². The molecule has 0 aliphatic heterocycles. The van der Waals surface area contributed by atoms with Gasteiger partial charge < -0.3 is 5.53 Å². The molecule has 0 amide bonds. The van der Waals surface area contributed by atoms with Crippen LogP contribution in [-0.4, -0.2) is 26.0 Å². The molecule has 6 nitrogen and oxygen atoms in total. The molecule has 0 heterocycles. The normalized spacial score (nSPS) is 11.8. The summed E-state index contributed by atoms with van der Waals surface area (Å²) in [6.45, 7) is 6.78. The molecule has 25 heavy (non-hydrogen) atoms. The summed E-state index contributed by atoms with van der Waals surface area (Å²) in [6.07, 6.45) is 0. The van der Waals surface area contributed by atoms with Gasteiger partial charge in [-0.25, -0.2) is 16.8 Å². The van der Waals surface area contributed by atoms with Gasteiger partial charge in [0, 0.05) is 0 Å². The molecule has 2 aromatic carbocycles. The lowest BCUT2D eigenvalue weighted by molar-refractivity contribution is 0.00380. The zero-order valence-electron chi connectivity index (χ0n) is 14.3. The standard InChI is InChI=1S/C17H18N2O4S2/c1-11-5-12(2)8-15(7-11)24(20,21)17(19-18)25(22,23)16-9-13(3)6-14(4)10-16/h5-10H,1-4H3. The summed E-state index contributed by atoms with van der Waals surface area (Å²) in [6, 6.07) is 8.87. The molecule has 2 aromatic rings. The number of aryl methyl sites for hydroxylation is 4. The Bertz CT molecular complexity index is 987. The van der Waals surface area contributed by atoms with Gasteiger partial charge in [0.25, 0.3) is 19.7 Å². The van der Waals surface area contributed by atoms with Crippen molar-refractivity contribution in [1.82, 2.24) is 0 Å². The zero-order valence-corrected chi connectivity index (χ0v) is 15.9. The number of rotatable bonds is 2. The first-order valence-electron chi connectivity index (χ1n) is 7.37.